The number of benzene rings is 3. The lowest BCUT2D eigenvalue weighted by molar-refractivity contribution is -0.789. The Bertz CT molecular complexity index is 1840. The van der Waals surface area contributed by atoms with Gasteiger partial charge in [-0.2, -0.15) is 0 Å². The van der Waals surface area contributed by atoms with Crippen molar-refractivity contribution in [3.05, 3.63) is 104 Å². The highest BCUT2D eigenvalue weighted by Gasteiger charge is 2.28. The second-order valence-corrected chi connectivity index (χ2v) is 18.6. The van der Waals surface area contributed by atoms with E-state index in [1.165, 1.54) is 24.3 Å². The van der Waals surface area contributed by atoms with Gasteiger partial charge in [-0.15, -0.1) is 32.5 Å². The lowest BCUT2D eigenvalue weighted by atomic mass is 9.97. The van der Waals surface area contributed by atoms with Crippen molar-refractivity contribution < 1.29 is 53.2 Å². The maximum Gasteiger partial charge on any atom is 0.347 e. The molecule has 1 saturated heterocycles. The Balaban J connectivity index is 1.56. The topological polar surface area (TPSA) is 196 Å². The molecule has 3 unspecified atom stereocenters. The first-order chi connectivity index (χ1) is 25.1. The zero-order valence-electron chi connectivity index (χ0n) is 29.0. The van der Waals surface area contributed by atoms with E-state index < -0.39 is 58.5 Å². The normalized spacial score (nSPS) is 15.3. The minimum Gasteiger partial charge on any atom is -0.426 e. The summed E-state index contributed by atoms with van der Waals surface area (Å²) in [4.78, 5) is 69.5. The first-order valence-corrected chi connectivity index (χ1v) is 20.3. The largest absolute Gasteiger partial charge is 0.426 e. The highest BCUT2D eigenvalue weighted by atomic mass is 32.9. The lowest BCUT2D eigenvalue weighted by Crippen LogP contribution is -2.35. The number of thiol groups is 1. The van der Waals surface area contributed by atoms with E-state index in [0.717, 1.165) is 23.4 Å². The third-order valence-electron chi connectivity index (χ3n) is 7.84. The van der Waals surface area contributed by atoms with Gasteiger partial charge in [0, 0.05) is 18.4 Å². The van der Waals surface area contributed by atoms with Crippen LogP contribution in [-0.4, -0.2) is 71.8 Å². The third kappa shape index (κ3) is 12.2. The average Bonchev–Trinajstić information content (AvgIpc) is 3.11. The first-order valence-electron chi connectivity index (χ1n) is 16.3. The quantitative estimate of drug-likeness (QED) is 0.0474. The molecule has 0 spiro atoms. The van der Waals surface area contributed by atoms with Gasteiger partial charge in [-0.3, -0.25) is 14.3 Å². The Morgan fingerprint density at radius 2 is 1.55 bits per heavy atom. The molecule has 4 rings (SSSR count). The van der Waals surface area contributed by atoms with Gasteiger partial charge in [-0.25, -0.2) is 4.79 Å². The Morgan fingerprint density at radius 1 is 0.906 bits per heavy atom. The molecule has 1 heterocycles. The number of ether oxygens (including phenoxy) is 4. The molecular weight excluding hydrogens is 753 g/mol. The Kier molecular flexibility index (Phi) is 14.7. The molecule has 3 atom stereocenters. The van der Waals surface area contributed by atoms with E-state index in [1.807, 2.05) is 24.3 Å². The van der Waals surface area contributed by atoms with Crippen molar-refractivity contribution in [2.24, 2.45) is 5.92 Å². The smallest absolute Gasteiger partial charge is 0.347 e. The molecule has 0 radical (unpaired) electrons. The molecule has 3 aromatic rings. The number of nitrogens with zero attached hydrogens (tertiary/aromatic N) is 3. The van der Waals surface area contributed by atoms with E-state index in [0.29, 0.717) is 37.8 Å². The van der Waals surface area contributed by atoms with Crippen LogP contribution in [0.15, 0.2) is 66.7 Å². The van der Waals surface area contributed by atoms with Gasteiger partial charge >= 0.3 is 17.9 Å². The SMILES string of the molecule is CC(C)Cc1ccc(C(C)C(=O)Oc2ccc(OC(=O)CC(CO[N+](=O)[O-])O[N+](=O)[O-])c(C(=O)Oc3ccc(P(=S)(S)N4CCOCC4)cc3)c2)cc1. The predicted molar refractivity (Wildman–Crippen MR) is 197 cm³/mol. The van der Waals surface area contributed by atoms with Crippen LogP contribution >= 0.6 is 17.6 Å². The molecule has 0 saturated carbocycles. The standard InChI is InChI=1S/C34H38N3O13PS2/c1-22(2)18-24-4-6-25(7-5-24)23(3)33(39)48-27-10-13-31(49-32(38)20-28(50-37(43)44)21-46-36(41)42)30(19-27)34(40)47-26-8-11-29(12-9-26)51(52,53)35-14-16-45-17-15-35/h4-13,19,22-23,28H,14-18,20-21H2,1-3H3,(H,52,53). The zero-order valence-corrected chi connectivity index (χ0v) is 31.6. The van der Waals surface area contributed by atoms with Gasteiger partial charge < -0.3 is 28.6 Å². The molecule has 0 aliphatic carbocycles. The summed E-state index contributed by atoms with van der Waals surface area (Å²) in [5.74, 6) is -3.36. The number of esters is 3. The van der Waals surface area contributed by atoms with Crippen molar-refractivity contribution in [2.45, 2.75) is 45.6 Å². The highest BCUT2D eigenvalue weighted by molar-refractivity contribution is 8.65. The summed E-state index contributed by atoms with van der Waals surface area (Å²) in [6.07, 6.45) is -1.69. The predicted octanol–water partition coefficient (Wildman–Crippen LogP) is 5.09. The van der Waals surface area contributed by atoms with Gasteiger partial charge in [0.1, 0.15) is 35.5 Å². The number of rotatable bonds is 17. The van der Waals surface area contributed by atoms with Crippen molar-refractivity contribution in [1.29, 1.82) is 0 Å². The van der Waals surface area contributed by atoms with Crippen LogP contribution in [0.1, 0.15) is 54.6 Å². The Hall–Kier alpha value is -4.61. The molecule has 19 heteroatoms. The van der Waals surface area contributed by atoms with Crippen LogP contribution in [0, 0.1) is 26.1 Å². The van der Waals surface area contributed by atoms with Gasteiger partial charge in [-0.1, -0.05) is 49.9 Å². The molecule has 0 bridgehead atoms. The minimum atomic E-state index is -2.41. The van der Waals surface area contributed by atoms with Crippen LogP contribution in [0.3, 0.4) is 0 Å². The summed E-state index contributed by atoms with van der Waals surface area (Å²) in [5, 5.41) is 17.4. The summed E-state index contributed by atoms with van der Waals surface area (Å²) < 4.78 is 24.0. The van der Waals surface area contributed by atoms with Crippen molar-refractivity contribution in [3.63, 3.8) is 0 Å². The van der Waals surface area contributed by atoms with Crippen LogP contribution in [0.2, 0.25) is 0 Å². The molecule has 3 aromatic carbocycles. The maximum atomic E-state index is 13.6. The second kappa shape index (κ2) is 18.9. The number of hydrogen-bond donors (Lipinski definition) is 1. The summed E-state index contributed by atoms with van der Waals surface area (Å²) >= 11 is 10.6. The molecule has 16 nitrogen and oxygen atoms in total. The fourth-order valence-corrected chi connectivity index (χ4v) is 8.54. The number of carbonyl (C=O) groups is 3. The molecule has 284 valence electrons. The fraction of sp³-hybridized carbons (Fsp3) is 0.382. The van der Waals surface area contributed by atoms with Crippen LogP contribution < -0.4 is 19.5 Å². The summed E-state index contributed by atoms with van der Waals surface area (Å²) in [5.41, 5.74) is 1.49. The van der Waals surface area contributed by atoms with Crippen molar-refractivity contribution in [1.82, 2.24) is 4.67 Å². The van der Waals surface area contributed by atoms with E-state index in [-0.39, 0.29) is 22.8 Å². The summed E-state index contributed by atoms with van der Waals surface area (Å²) in [6.45, 7) is 7.28. The van der Waals surface area contributed by atoms with Crippen molar-refractivity contribution >= 4 is 52.7 Å². The molecule has 0 amide bonds. The van der Waals surface area contributed by atoms with E-state index in [4.69, 9.17) is 43.0 Å². The molecule has 0 N–H and O–H groups in total. The van der Waals surface area contributed by atoms with Crippen LogP contribution in [0.25, 0.3) is 0 Å². The number of carbonyl (C=O) groups excluding carboxylic acids is 3. The van der Waals surface area contributed by atoms with Crippen LogP contribution in [-0.2, 0) is 42.2 Å². The zero-order chi connectivity index (χ0) is 38.7. The maximum absolute atomic E-state index is 13.6. The van der Waals surface area contributed by atoms with E-state index in [9.17, 15) is 34.6 Å². The van der Waals surface area contributed by atoms with Crippen LogP contribution in [0.5, 0.6) is 17.2 Å². The molecule has 1 fully saturated rings. The lowest BCUT2D eigenvalue weighted by Gasteiger charge is -2.34. The Morgan fingerprint density at radius 3 is 2.15 bits per heavy atom. The number of morpholine rings is 1. The second-order valence-electron chi connectivity index (χ2n) is 12.3. The first kappa shape index (κ1) is 41.2. The average molecular weight is 792 g/mol. The fourth-order valence-electron chi connectivity index (χ4n) is 5.18. The van der Waals surface area contributed by atoms with Gasteiger partial charge in [0.05, 0.1) is 30.9 Å². The van der Waals surface area contributed by atoms with Crippen molar-refractivity contribution in [2.75, 3.05) is 32.9 Å². The molecule has 1 aliphatic rings. The van der Waals surface area contributed by atoms with E-state index in [1.54, 1.807) is 19.1 Å². The van der Waals surface area contributed by atoms with Gasteiger partial charge in [0.25, 0.3) is 10.2 Å². The summed E-state index contributed by atoms with van der Waals surface area (Å²) in [7, 11) is 0. The number of hydrogen-bond acceptors (Lipinski definition) is 14. The van der Waals surface area contributed by atoms with Crippen LogP contribution in [0.4, 0.5) is 0 Å². The van der Waals surface area contributed by atoms with E-state index >= 15 is 0 Å². The molecule has 53 heavy (non-hydrogen) atoms. The van der Waals surface area contributed by atoms with Crippen molar-refractivity contribution in [3.8, 4) is 17.2 Å². The Labute approximate surface area is 315 Å². The monoisotopic (exact) mass is 791 g/mol. The molecular formula is C34H38N3O13PS2. The highest BCUT2D eigenvalue weighted by Crippen LogP contribution is 2.53. The van der Waals surface area contributed by atoms with Gasteiger partial charge in [0.2, 0.25) is 0 Å². The molecule has 0 aromatic heterocycles. The minimum absolute atomic E-state index is 0.0735. The third-order valence-corrected chi connectivity index (χ3v) is 12.8. The van der Waals surface area contributed by atoms with Gasteiger partial charge in [-0.05, 0) is 72.9 Å². The van der Waals surface area contributed by atoms with E-state index in [2.05, 4.69) is 28.2 Å². The summed E-state index contributed by atoms with van der Waals surface area (Å²) in [6, 6.07) is 17.6. The molecule has 1 aliphatic heterocycles. The van der Waals surface area contributed by atoms with Gasteiger partial charge in [0.15, 0.2) is 0 Å².